The molecule has 3 rings (SSSR count). The van der Waals surface area contributed by atoms with Gasteiger partial charge in [-0.1, -0.05) is 19.1 Å². The van der Waals surface area contributed by atoms with Crippen molar-refractivity contribution in [3.63, 3.8) is 0 Å². The van der Waals surface area contributed by atoms with E-state index in [1.54, 1.807) is 31.5 Å². The van der Waals surface area contributed by atoms with Crippen molar-refractivity contribution in [3.05, 3.63) is 70.7 Å². The molecule has 0 saturated heterocycles. The van der Waals surface area contributed by atoms with Gasteiger partial charge in [-0.15, -0.1) is 0 Å². The van der Waals surface area contributed by atoms with E-state index in [4.69, 9.17) is 0 Å². The first-order chi connectivity index (χ1) is 12.0. The summed E-state index contributed by atoms with van der Waals surface area (Å²) in [4.78, 5) is 30.8. The number of ketones is 1. The summed E-state index contributed by atoms with van der Waals surface area (Å²) in [5.41, 5.74) is 3.48. The van der Waals surface area contributed by atoms with Crippen LogP contribution in [-0.2, 0) is 9.59 Å². The average Bonchev–Trinajstić information content (AvgIpc) is 2.88. The SMILES string of the molecule is CCC(=O)C1=C(O)C(=O)N(c2cc(C)ccc2C)C1c1ccncc1. The largest absolute Gasteiger partial charge is 0.503 e. The molecular formula is C20H20N2O3. The molecule has 0 spiro atoms. The molecule has 1 aliphatic rings. The van der Waals surface area contributed by atoms with Gasteiger partial charge in [0.15, 0.2) is 11.5 Å². The second kappa shape index (κ2) is 6.51. The number of hydrogen-bond donors (Lipinski definition) is 1. The van der Waals surface area contributed by atoms with Gasteiger partial charge in [-0.2, -0.15) is 0 Å². The normalized spacial score (nSPS) is 17.3. The fourth-order valence-electron chi connectivity index (χ4n) is 3.17. The lowest BCUT2D eigenvalue weighted by Crippen LogP contribution is -2.31. The zero-order valence-electron chi connectivity index (χ0n) is 14.5. The number of nitrogens with zero attached hydrogens (tertiary/aromatic N) is 2. The Morgan fingerprint density at radius 2 is 1.88 bits per heavy atom. The summed E-state index contributed by atoms with van der Waals surface area (Å²) >= 11 is 0. The maximum Gasteiger partial charge on any atom is 0.294 e. The minimum Gasteiger partial charge on any atom is -0.503 e. The van der Waals surface area contributed by atoms with Gasteiger partial charge in [0.05, 0.1) is 11.6 Å². The Hall–Kier alpha value is -2.95. The summed E-state index contributed by atoms with van der Waals surface area (Å²) in [6, 6.07) is 8.66. The Kier molecular flexibility index (Phi) is 4.40. The Labute approximate surface area is 146 Å². The Bertz CT molecular complexity index is 872. The average molecular weight is 336 g/mol. The molecule has 5 heteroatoms. The van der Waals surface area contributed by atoms with Crippen molar-refractivity contribution in [2.24, 2.45) is 0 Å². The van der Waals surface area contributed by atoms with E-state index in [-0.39, 0.29) is 17.8 Å². The van der Waals surface area contributed by atoms with Crippen LogP contribution in [0, 0.1) is 13.8 Å². The van der Waals surface area contributed by atoms with E-state index in [1.807, 2.05) is 32.0 Å². The van der Waals surface area contributed by atoms with Gasteiger partial charge in [0, 0.05) is 24.5 Å². The van der Waals surface area contributed by atoms with Crippen LogP contribution in [0.3, 0.4) is 0 Å². The molecule has 25 heavy (non-hydrogen) atoms. The first-order valence-corrected chi connectivity index (χ1v) is 8.22. The molecule has 0 saturated carbocycles. The summed E-state index contributed by atoms with van der Waals surface area (Å²) < 4.78 is 0. The van der Waals surface area contributed by atoms with E-state index in [2.05, 4.69) is 4.98 Å². The first kappa shape index (κ1) is 16.9. The van der Waals surface area contributed by atoms with Crippen LogP contribution in [0.4, 0.5) is 5.69 Å². The molecule has 0 fully saturated rings. The highest BCUT2D eigenvalue weighted by molar-refractivity contribution is 6.16. The summed E-state index contributed by atoms with van der Waals surface area (Å²) in [5.74, 6) is -1.25. The molecule has 0 radical (unpaired) electrons. The smallest absolute Gasteiger partial charge is 0.294 e. The lowest BCUT2D eigenvalue weighted by atomic mass is 9.95. The summed E-state index contributed by atoms with van der Waals surface area (Å²) in [6.07, 6.45) is 3.45. The van der Waals surface area contributed by atoms with Crippen LogP contribution in [-0.4, -0.2) is 21.8 Å². The summed E-state index contributed by atoms with van der Waals surface area (Å²) in [5, 5.41) is 10.4. The molecule has 2 aromatic rings. The number of aryl methyl sites for hydroxylation is 2. The van der Waals surface area contributed by atoms with Gasteiger partial charge in [-0.25, -0.2) is 0 Å². The van der Waals surface area contributed by atoms with Crippen molar-refractivity contribution >= 4 is 17.4 Å². The number of aromatic nitrogens is 1. The molecule has 1 aromatic carbocycles. The molecule has 1 amide bonds. The Morgan fingerprint density at radius 1 is 1.20 bits per heavy atom. The highest BCUT2D eigenvalue weighted by Crippen LogP contribution is 2.42. The van der Waals surface area contributed by atoms with Crippen molar-refractivity contribution < 1.29 is 14.7 Å². The predicted molar refractivity (Wildman–Crippen MR) is 95.3 cm³/mol. The van der Waals surface area contributed by atoms with Crippen LogP contribution in [0.2, 0.25) is 0 Å². The Balaban J connectivity index is 2.22. The predicted octanol–water partition coefficient (Wildman–Crippen LogP) is 3.58. The van der Waals surface area contributed by atoms with Crippen LogP contribution >= 0.6 is 0 Å². The summed E-state index contributed by atoms with van der Waals surface area (Å²) in [7, 11) is 0. The van der Waals surface area contributed by atoms with Crippen molar-refractivity contribution in [1.82, 2.24) is 4.98 Å². The third-order valence-corrected chi connectivity index (χ3v) is 4.48. The molecule has 1 aliphatic heterocycles. The minimum absolute atomic E-state index is 0.152. The van der Waals surface area contributed by atoms with Crippen LogP contribution in [0.15, 0.2) is 54.1 Å². The number of carbonyl (C=O) groups excluding carboxylic acids is 2. The van der Waals surface area contributed by atoms with Crippen LogP contribution in [0.25, 0.3) is 0 Å². The number of carbonyl (C=O) groups is 2. The van der Waals surface area contributed by atoms with Gasteiger partial charge >= 0.3 is 0 Å². The molecule has 5 nitrogen and oxygen atoms in total. The number of hydrogen-bond acceptors (Lipinski definition) is 4. The first-order valence-electron chi connectivity index (χ1n) is 8.22. The van der Waals surface area contributed by atoms with Crippen LogP contribution in [0.5, 0.6) is 0 Å². The molecule has 1 aromatic heterocycles. The number of aliphatic hydroxyl groups excluding tert-OH is 1. The van der Waals surface area contributed by atoms with Gasteiger partial charge in [-0.3, -0.25) is 19.5 Å². The van der Waals surface area contributed by atoms with E-state index in [0.717, 1.165) is 16.7 Å². The highest BCUT2D eigenvalue weighted by atomic mass is 16.3. The topological polar surface area (TPSA) is 70.5 Å². The number of aliphatic hydroxyl groups is 1. The van der Waals surface area contributed by atoms with Crippen molar-refractivity contribution in [2.75, 3.05) is 4.90 Å². The van der Waals surface area contributed by atoms with Gasteiger partial charge in [0.2, 0.25) is 0 Å². The zero-order valence-corrected chi connectivity index (χ0v) is 14.5. The van der Waals surface area contributed by atoms with Gasteiger partial charge in [-0.05, 0) is 48.7 Å². The fraction of sp³-hybridized carbons (Fsp3) is 0.250. The van der Waals surface area contributed by atoms with E-state index in [1.165, 1.54) is 4.90 Å². The standard InChI is InChI=1S/C20H20N2O3/c1-4-16(23)17-18(14-7-9-21-10-8-14)22(20(25)19(17)24)15-11-12(2)5-6-13(15)3/h5-11,18,24H,4H2,1-3H3. The lowest BCUT2D eigenvalue weighted by molar-refractivity contribution is -0.118. The number of benzene rings is 1. The fourth-order valence-corrected chi connectivity index (χ4v) is 3.17. The van der Waals surface area contributed by atoms with Gasteiger partial charge < -0.3 is 5.11 Å². The molecule has 1 unspecified atom stereocenters. The minimum atomic E-state index is -0.650. The highest BCUT2D eigenvalue weighted by Gasteiger charge is 2.44. The maximum absolute atomic E-state index is 12.8. The quantitative estimate of drug-likeness (QED) is 0.926. The molecule has 0 bridgehead atoms. The van der Waals surface area contributed by atoms with Crippen LogP contribution < -0.4 is 4.90 Å². The number of amides is 1. The molecule has 1 atom stereocenters. The molecule has 1 N–H and O–H groups in total. The molecule has 128 valence electrons. The number of anilines is 1. The monoisotopic (exact) mass is 336 g/mol. The van der Waals surface area contributed by atoms with Crippen molar-refractivity contribution in [3.8, 4) is 0 Å². The number of Topliss-reactive ketones (excluding diaryl/α,β-unsaturated/α-hetero) is 1. The van der Waals surface area contributed by atoms with Gasteiger partial charge in [0.1, 0.15) is 0 Å². The molecular weight excluding hydrogens is 316 g/mol. The Morgan fingerprint density at radius 3 is 2.52 bits per heavy atom. The van der Waals surface area contributed by atoms with E-state index < -0.39 is 17.7 Å². The second-order valence-electron chi connectivity index (χ2n) is 6.19. The third kappa shape index (κ3) is 2.82. The maximum atomic E-state index is 12.8. The molecule has 0 aliphatic carbocycles. The molecule has 2 heterocycles. The third-order valence-electron chi connectivity index (χ3n) is 4.48. The van der Waals surface area contributed by atoms with Crippen molar-refractivity contribution in [2.45, 2.75) is 33.2 Å². The number of rotatable bonds is 4. The van der Waals surface area contributed by atoms with E-state index in [0.29, 0.717) is 5.69 Å². The number of pyridine rings is 1. The van der Waals surface area contributed by atoms with Gasteiger partial charge in [0.25, 0.3) is 5.91 Å². The zero-order chi connectivity index (χ0) is 18.1. The van der Waals surface area contributed by atoms with E-state index >= 15 is 0 Å². The van der Waals surface area contributed by atoms with Crippen molar-refractivity contribution in [1.29, 1.82) is 0 Å². The van der Waals surface area contributed by atoms with E-state index in [9.17, 15) is 14.7 Å². The van der Waals surface area contributed by atoms with Crippen LogP contribution in [0.1, 0.15) is 36.1 Å². The lowest BCUT2D eigenvalue weighted by Gasteiger charge is -2.28. The second-order valence-corrected chi connectivity index (χ2v) is 6.19. The summed E-state index contributed by atoms with van der Waals surface area (Å²) in [6.45, 7) is 5.57.